The summed E-state index contributed by atoms with van der Waals surface area (Å²) in [5.41, 5.74) is 2.53. The third-order valence-corrected chi connectivity index (χ3v) is 6.06. The first kappa shape index (κ1) is 22.1. The van der Waals surface area contributed by atoms with Crippen LogP contribution in [-0.4, -0.2) is 41.6 Å². The second-order valence-corrected chi connectivity index (χ2v) is 8.50. The number of hydrogen-bond donors (Lipinski definition) is 1. The maximum atomic E-state index is 12.6. The standard InChI is InChI=1S/C22H22BrN3O3S/c1-3-25(4-2)18-11-5-15(6-12-18)13-19-21(28)26(22(29)30-19)14-20(27)24-17-9-7-16(23)8-10-17/h5-13H,3-4,14H2,1-2H3,(H,24,27)/b19-13+. The molecule has 1 N–H and O–H groups in total. The van der Waals surface area contributed by atoms with Crippen molar-refractivity contribution in [1.82, 2.24) is 4.90 Å². The smallest absolute Gasteiger partial charge is 0.294 e. The molecule has 0 aromatic heterocycles. The molecule has 0 spiro atoms. The minimum absolute atomic E-state index is 0.312. The number of nitrogens with zero attached hydrogens (tertiary/aromatic N) is 2. The monoisotopic (exact) mass is 487 g/mol. The lowest BCUT2D eigenvalue weighted by Gasteiger charge is -2.20. The summed E-state index contributed by atoms with van der Waals surface area (Å²) in [6, 6.07) is 14.9. The van der Waals surface area contributed by atoms with E-state index < -0.39 is 17.1 Å². The molecule has 3 rings (SSSR count). The van der Waals surface area contributed by atoms with E-state index in [0.29, 0.717) is 10.6 Å². The van der Waals surface area contributed by atoms with Gasteiger partial charge in [-0.3, -0.25) is 19.3 Å². The van der Waals surface area contributed by atoms with Gasteiger partial charge in [0.2, 0.25) is 5.91 Å². The van der Waals surface area contributed by atoms with Crippen LogP contribution in [0.15, 0.2) is 57.9 Å². The highest BCUT2D eigenvalue weighted by Crippen LogP contribution is 2.32. The van der Waals surface area contributed by atoms with Gasteiger partial charge in [0.05, 0.1) is 4.91 Å². The highest BCUT2D eigenvalue weighted by atomic mass is 79.9. The number of amides is 3. The number of halogens is 1. The van der Waals surface area contributed by atoms with Crippen LogP contribution in [0, 0.1) is 0 Å². The van der Waals surface area contributed by atoms with Crippen LogP contribution in [0.4, 0.5) is 16.2 Å². The van der Waals surface area contributed by atoms with E-state index in [9.17, 15) is 14.4 Å². The van der Waals surface area contributed by atoms with Crippen molar-refractivity contribution in [3.05, 3.63) is 63.5 Å². The third-order valence-electron chi connectivity index (χ3n) is 4.62. The van der Waals surface area contributed by atoms with Gasteiger partial charge >= 0.3 is 0 Å². The molecule has 3 amide bonds. The average molecular weight is 488 g/mol. The summed E-state index contributed by atoms with van der Waals surface area (Å²) in [7, 11) is 0. The lowest BCUT2D eigenvalue weighted by molar-refractivity contribution is -0.127. The molecular formula is C22H22BrN3O3S. The van der Waals surface area contributed by atoms with Crippen molar-refractivity contribution in [2.24, 2.45) is 0 Å². The molecule has 1 heterocycles. The molecule has 2 aromatic rings. The number of carbonyl (C=O) groups is 3. The zero-order valence-corrected chi connectivity index (χ0v) is 19.1. The fourth-order valence-corrected chi connectivity index (χ4v) is 4.14. The first-order valence-corrected chi connectivity index (χ1v) is 11.2. The first-order valence-electron chi connectivity index (χ1n) is 9.57. The second kappa shape index (κ2) is 9.95. The molecule has 0 aliphatic carbocycles. The Balaban J connectivity index is 1.66. The van der Waals surface area contributed by atoms with Gasteiger partial charge in [0, 0.05) is 28.9 Å². The molecule has 30 heavy (non-hydrogen) atoms. The van der Waals surface area contributed by atoms with Crippen molar-refractivity contribution in [2.45, 2.75) is 13.8 Å². The average Bonchev–Trinajstić information content (AvgIpc) is 2.99. The molecule has 156 valence electrons. The van der Waals surface area contributed by atoms with Crippen LogP contribution in [0.5, 0.6) is 0 Å². The quantitative estimate of drug-likeness (QED) is 0.558. The van der Waals surface area contributed by atoms with Crippen LogP contribution in [0.2, 0.25) is 0 Å². The summed E-state index contributed by atoms with van der Waals surface area (Å²) >= 11 is 4.18. The van der Waals surface area contributed by atoms with Gasteiger partial charge in [0.25, 0.3) is 11.1 Å². The van der Waals surface area contributed by atoms with E-state index >= 15 is 0 Å². The number of thioether (sulfide) groups is 1. The summed E-state index contributed by atoms with van der Waals surface area (Å²) in [5.74, 6) is -0.881. The van der Waals surface area contributed by atoms with Gasteiger partial charge in [-0.25, -0.2) is 0 Å². The van der Waals surface area contributed by atoms with E-state index in [1.54, 1.807) is 30.3 Å². The molecule has 1 aliphatic rings. The van der Waals surface area contributed by atoms with Crippen LogP contribution < -0.4 is 10.2 Å². The molecule has 8 heteroatoms. The van der Waals surface area contributed by atoms with Crippen molar-refractivity contribution in [3.63, 3.8) is 0 Å². The van der Waals surface area contributed by atoms with Crippen molar-refractivity contribution in [3.8, 4) is 0 Å². The molecule has 1 fully saturated rings. The van der Waals surface area contributed by atoms with Gasteiger partial charge in [-0.2, -0.15) is 0 Å². The SMILES string of the molecule is CCN(CC)c1ccc(/C=C2/SC(=O)N(CC(=O)Nc3ccc(Br)cc3)C2=O)cc1. The number of benzene rings is 2. The van der Waals surface area contributed by atoms with Gasteiger partial charge < -0.3 is 10.2 Å². The van der Waals surface area contributed by atoms with Gasteiger partial charge in [0.1, 0.15) is 6.54 Å². The van der Waals surface area contributed by atoms with Crippen LogP contribution >= 0.6 is 27.7 Å². The molecule has 0 saturated carbocycles. The topological polar surface area (TPSA) is 69.7 Å². The van der Waals surface area contributed by atoms with Gasteiger partial charge in [-0.1, -0.05) is 28.1 Å². The minimum atomic E-state index is -0.455. The number of imide groups is 1. The van der Waals surface area contributed by atoms with Crippen LogP contribution in [0.25, 0.3) is 6.08 Å². The van der Waals surface area contributed by atoms with Gasteiger partial charge in [-0.15, -0.1) is 0 Å². The fourth-order valence-electron chi connectivity index (χ4n) is 3.04. The lowest BCUT2D eigenvalue weighted by atomic mass is 10.1. The zero-order valence-electron chi connectivity index (χ0n) is 16.7. The predicted molar refractivity (Wildman–Crippen MR) is 125 cm³/mol. The normalized spacial score (nSPS) is 15.0. The zero-order chi connectivity index (χ0) is 21.7. The maximum absolute atomic E-state index is 12.6. The Bertz CT molecular complexity index is 970. The molecule has 0 radical (unpaired) electrons. The maximum Gasteiger partial charge on any atom is 0.294 e. The molecule has 0 unspecified atom stereocenters. The third kappa shape index (κ3) is 5.31. The van der Waals surface area contributed by atoms with Crippen LogP contribution in [-0.2, 0) is 9.59 Å². The van der Waals surface area contributed by atoms with E-state index in [1.807, 2.05) is 24.3 Å². The molecular weight excluding hydrogens is 466 g/mol. The fraction of sp³-hybridized carbons (Fsp3) is 0.227. The summed E-state index contributed by atoms with van der Waals surface area (Å²) in [6.07, 6.45) is 1.68. The van der Waals surface area contributed by atoms with E-state index in [-0.39, 0.29) is 6.54 Å². The Hall–Kier alpha value is -2.58. The largest absolute Gasteiger partial charge is 0.372 e. The molecule has 0 atom stereocenters. The summed E-state index contributed by atoms with van der Waals surface area (Å²) in [6.45, 7) is 5.70. The highest BCUT2D eigenvalue weighted by molar-refractivity contribution is 9.10. The lowest BCUT2D eigenvalue weighted by Crippen LogP contribution is -2.36. The first-order chi connectivity index (χ1) is 14.4. The van der Waals surface area contributed by atoms with Crippen molar-refractivity contribution < 1.29 is 14.4 Å². The molecule has 6 nitrogen and oxygen atoms in total. The number of hydrogen-bond acceptors (Lipinski definition) is 5. The number of anilines is 2. The summed E-state index contributed by atoms with van der Waals surface area (Å²) in [4.78, 5) is 40.7. The van der Waals surface area contributed by atoms with Crippen LogP contribution in [0.1, 0.15) is 19.4 Å². The molecule has 1 saturated heterocycles. The summed E-state index contributed by atoms with van der Waals surface area (Å²) < 4.78 is 0.890. The minimum Gasteiger partial charge on any atom is -0.372 e. The molecule has 2 aromatic carbocycles. The number of rotatable bonds is 7. The van der Waals surface area contributed by atoms with E-state index in [4.69, 9.17) is 0 Å². The predicted octanol–water partition coefficient (Wildman–Crippen LogP) is 4.97. The number of carbonyl (C=O) groups excluding carboxylic acids is 3. The van der Waals surface area contributed by atoms with Gasteiger partial charge in [0.15, 0.2) is 0 Å². The Morgan fingerprint density at radius 1 is 1.07 bits per heavy atom. The Labute approximate surface area is 188 Å². The van der Waals surface area contributed by atoms with Crippen molar-refractivity contribution in [2.75, 3.05) is 29.9 Å². The van der Waals surface area contributed by atoms with E-state index in [0.717, 1.165) is 45.5 Å². The number of nitrogens with one attached hydrogen (secondary N) is 1. The summed E-state index contributed by atoms with van der Waals surface area (Å²) in [5, 5.41) is 2.24. The van der Waals surface area contributed by atoms with Crippen molar-refractivity contribution in [1.29, 1.82) is 0 Å². The molecule has 1 aliphatic heterocycles. The van der Waals surface area contributed by atoms with Gasteiger partial charge in [-0.05, 0) is 73.6 Å². The molecule has 0 bridgehead atoms. The van der Waals surface area contributed by atoms with E-state index in [1.165, 1.54) is 0 Å². The second-order valence-electron chi connectivity index (χ2n) is 6.59. The Kier molecular flexibility index (Phi) is 7.33. The highest BCUT2D eigenvalue weighted by Gasteiger charge is 2.36. The van der Waals surface area contributed by atoms with E-state index in [2.05, 4.69) is 40.0 Å². The van der Waals surface area contributed by atoms with Crippen molar-refractivity contribution >= 4 is 62.2 Å². The van der Waals surface area contributed by atoms with Crippen LogP contribution in [0.3, 0.4) is 0 Å². The Morgan fingerprint density at radius 2 is 1.70 bits per heavy atom. The Morgan fingerprint density at radius 3 is 2.30 bits per heavy atom.